The van der Waals surface area contributed by atoms with E-state index in [2.05, 4.69) is 15.6 Å². The Hall–Kier alpha value is -1.63. The van der Waals surface area contributed by atoms with Gasteiger partial charge in [0, 0.05) is 25.0 Å². The predicted octanol–water partition coefficient (Wildman–Crippen LogP) is 0.986. The highest BCUT2D eigenvalue weighted by atomic mass is 32.2. The van der Waals surface area contributed by atoms with Crippen LogP contribution in [-0.2, 0) is 9.84 Å². The molecule has 0 radical (unpaired) electrons. The number of hydrogen-bond donors (Lipinski definition) is 2. The zero-order chi connectivity index (χ0) is 15.5. The summed E-state index contributed by atoms with van der Waals surface area (Å²) in [6.07, 6.45) is 2.17. The van der Waals surface area contributed by atoms with Crippen molar-refractivity contribution in [2.24, 2.45) is 5.92 Å². The van der Waals surface area contributed by atoms with E-state index >= 15 is 0 Å². The molecule has 1 aromatic heterocycles. The molecule has 0 spiro atoms. The Labute approximate surface area is 125 Å². The molecule has 2 rings (SSSR count). The normalized spacial score (nSPS) is 20.2. The third-order valence-corrected chi connectivity index (χ3v) is 5.37. The Morgan fingerprint density at radius 3 is 2.86 bits per heavy atom. The van der Waals surface area contributed by atoms with E-state index in [1.165, 1.54) is 0 Å². The summed E-state index contributed by atoms with van der Waals surface area (Å²) in [6.45, 7) is 4.93. The van der Waals surface area contributed by atoms with Gasteiger partial charge in [0.2, 0.25) is 0 Å². The first kappa shape index (κ1) is 15.8. The van der Waals surface area contributed by atoms with Crippen LogP contribution in [0.3, 0.4) is 0 Å². The molecule has 1 unspecified atom stereocenters. The highest BCUT2D eigenvalue weighted by Crippen LogP contribution is 2.19. The molecule has 2 heterocycles. The van der Waals surface area contributed by atoms with Gasteiger partial charge in [-0.2, -0.15) is 0 Å². The number of nitrogens with zero attached hydrogens (tertiary/aromatic N) is 1. The molecular weight excluding hydrogens is 290 g/mol. The Morgan fingerprint density at radius 1 is 1.48 bits per heavy atom. The van der Waals surface area contributed by atoms with Crippen molar-refractivity contribution in [1.82, 2.24) is 10.3 Å². The molecule has 1 atom stereocenters. The van der Waals surface area contributed by atoms with E-state index < -0.39 is 9.84 Å². The van der Waals surface area contributed by atoms with Gasteiger partial charge in [0.05, 0.1) is 22.8 Å². The number of amides is 1. The number of carbonyl (C=O) groups excluding carboxylic acids is 1. The second-order valence-corrected chi connectivity index (χ2v) is 7.61. The minimum absolute atomic E-state index is 0.0138. The van der Waals surface area contributed by atoms with Crippen molar-refractivity contribution in [2.75, 3.05) is 29.9 Å². The number of aromatic nitrogens is 1. The lowest BCUT2D eigenvalue weighted by atomic mass is 10.1. The smallest absolute Gasteiger partial charge is 0.254 e. The molecule has 116 valence electrons. The number of aryl methyl sites for hydroxylation is 1. The van der Waals surface area contributed by atoms with Crippen molar-refractivity contribution < 1.29 is 13.2 Å². The van der Waals surface area contributed by atoms with Crippen molar-refractivity contribution in [2.45, 2.75) is 20.3 Å². The molecule has 1 aliphatic rings. The topological polar surface area (TPSA) is 88.2 Å². The van der Waals surface area contributed by atoms with Gasteiger partial charge in [0.15, 0.2) is 9.84 Å². The van der Waals surface area contributed by atoms with Crippen molar-refractivity contribution in [3.05, 3.63) is 23.5 Å². The monoisotopic (exact) mass is 311 g/mol. The first-order valence-corrected chi connectivity index (χ1v) is 8.92. The van der Waals surface area contributed by atoms with Crippen LogP contribution >= 0.6 is 0 Å². The summed E-state index contributed by atoms with van der Waals surface area (Å²) in [7, 11) is -2.91. The average molecular weight is 311 g/mol. The van der Waals surface area contributed by atoms with Gasteiger partial charge in [-0.05, 0) is 32.3 Å². The number of carbonyl (C=O) groups is 1. The number of sulfone groups is 1. The van der Waals surface area contributed by atoms with E-state index in [4.69, 9.17) is 0 Å². The lowest BCUT2D eigenvalue weighted by Gasteiger charge is -2.13. The van der Waals surface area contributed by atoms with E-state index in [1.54, 1.807) is 6.20 Å². The fourth-order valence-electron chi connectivity index (χ4n) is 2.44. The summed E-state index contributed by atoms with van der Waals surface area (Å²) in [6, 6.07) is 1.83. The van der Waals surface area contributed by atoms with Gasteiger partial charge in [0.25, 0.3) is 5.91 Å². The molecule has 0 saturated carbocycles. The van der Waals surface area contributed by atoms with Crippen LogP contribution in [0, 0.1) is 12.8 Å². The average Bonchev–Trinajstić information content (AvgIpc) is 2.76. The standard InChI is InChI=1S/C14H21N3O3S/c1-3-15-13-6-10(2)16-8-12(13)14(18)17-7-11-4-5-21(19,20)9-11/h6,8,11H,3-5,7,9H2,1-2H3,(H,15,16)(H,17,18). The number of nitrogens with one attached hydrogen (secondary N) is 2. The summed E-state index contributed by atoms with van der Waals surface area (Å²) < 4.78 is 22.8. The van der Waals surface area contributed by atoms with Crippen LogP contribution < -0.4 is 10.6 Å². The molecule has 1 aliphatic heterocycles. The van der Waals surface area contributed by atoms with Gasteiger partial charge in [0.1, 0.15) is 0 Å². The van der Waals surface area contributed by atoms with Gasteiger partial charge in [-0.3, -0.25) is 9.78 Å². The molecule has 1 saturated heterocycles. The van der Waals surface area contributed by atoms with E-state index in [-0.39, 0.29) is 23.3 Å². The van der Waals surface area contributed by atoms with Crippen LogP contribution in [-0.4, -0.2) is 43.9 Å². The van der Waals surface area contributed by atoms with Gasteiger partial charge in [-0.25, -0.2) is 8.42 Å². The van der Waals surface area contributed by atoms with Gasteiger partial charge in [-0.15, -0.1) is 0 Å². The molecule has 7 heteroatoms. The van der Waals surface area contributed by atoms with Gasteiger partial charge >= 0.3 is 0 Å². The lowest BCUT2D eigenvalue weighted by molar-refractivity contribution is 0.0949. The molecule has 21 heavy (non-hydrogen) atoms. The second kappa shape index (κ2) is 6.43. The SMILES string of the molecule is CCNc1cc(C)ncc1C(=O)NCC1CCS(=O)(=O)C1. The Bertz CT molecular complexity index is 628. The van der Waals surface area contributed by atoms with E-state index in [0.29, 0.717) is 25.1 Å². The lowest BCUT2D eigenvalue weighted by Crippen LogP contribution is -2.30. The first-order valence-electron chi connectivity index (χ1n) is 7.10. The van der Waals surface area contributed by atoms with Crippen LogP contribution in [0.25, 0.3) is 0 Å². The van der Waals surface area contributed by atoms with Gasteiger partial charge < -0.3 is 10.6 Å². The number of pyridine rings is 1. The van der Waals surface area contributed by atoms with Crippen molar-refractivity contribution in [1.29, 1.82) is 0 Å². The number of anilines is 1. The fraction of sp³-hybridized carbons (Fsp3) is 0.571. The van der Waals surface area contributed by atoms with Gasteiger partial charge in [-0.1, -0.05) is 0 Å². The predicted molar refractivity (Wildman–Crippen MR) is 82.2 cm³/mol. The molecule has 6 nitrogen and oxygen atoms in total. The summed E-state index contributed by atoms with van der Waals surface area (Å²) in [5.41, 5.74) is 2.08. The minimum atomic E-state index is -2.91. The Morgan fingerprint density at radius 2 is 2.24 bits per heavy atom. The molecule has 1 amide bonds. The van der Waals surface area contributed by atoms with Crippen molar-refractivity contribution in [3.63, 3.8) is 0 Å². The quantitative estimate of drug-likeness (QED) is 0.846. The summed E-state index contributed by atoms with van der Waals surface area (Å²) in [4.78, 5) is 16.4. The molecule has 1 aromatic rings. The van der Waals surface area contributed by atoms with Crippen LogP contribution in [0.4, 0.5) is 5.69 Å². The molecule has 2 N–H and O–H groups in total. The largest absolute Gasteiger partial charge is 0.385 e. The molecule has 0 aliphatic carbocycles. The molecular formula is C14H21N3O3S. The van der Waals surface area contributed by atoms with Crippen molar-refractivity contribution in [3.8, 4) is 0 Å². The minimum Gasteiger partial charge on any atom is -0.385 e. The molecule has 1 fully saturated rings. The number of rotatable bonds is 5. The summed E-state index contributed by atoms with van der Waals surface area (Å²) in [5.74, 6) is 0.185. The second-order valence-electron chi connectivity index (χ2n) is 5.38. The Kier molecular flexibility index (Phi) is 4.82. The zero-order valence-corrected chi connectivity index (χ0v) is 13.2. The third-order valence-electron chi connectivity index (χ3n) is 3.53. The maximum Gasteiger partial charge on any atom is 0.254 e. The maximum atomic E-state index is 12.2. The molecule has 0 bridgehead atoms. The van der Waals surface area contributed by atoms with E-state index in [0.717, 1.165) is 11.4 Å². The fourth-order valence-corrected chi connectivity index (χ4v) is 4.30. The highest BCUT2D eigenvalue weighted by molar-refractivity contribution is 7.91. The van der Waals surface area contributed by atoms with Crippen LogP contribution in [0.2, 0.25) is 0 Å². The van der Waals surface area contributed by atoms with Crippen LogP contribution in [0.5, 0.6) is 0 Å². The summed E-state index contributed by atoms with van der Waals surface area (Å²) >= 11 is 0. The zero-order valence-electron chi connectivity index (χ0n) is 12.3. The number of hydrogen-bond acceptors (Lipinski definition) is 5. The maximum absolute atomic E-state index is 12.2. The first-order chi connectivity index (χ1) is 9.91. The van der Waals surface area contributed by atoms with Crippen LogP contribution in [0.1, 0.15) is 29.4 Å². The van der Waals surface area contributed by atoms with Crippen molar-refractivity contribution >= 4 is 21.4 Å². The van der Waals surface area contributed by atoms with Crippen LogP contribution in [0.15, 0.2) is 12.3 Å². The van der Waals surface area contributed by atoms with E-state index in [1.807, 2.05) is 19.9 Å². The highest BCUT2D eigenvalue weighted by Gasteiger charge is 2.28. The third kappa shape index (κ3) is 4.17. The summed E-state index contributed by atoms with van der Waals surface area (Å²) in [5, 5.41) is 5.96. The van der Waals surface area contributed by atoms with E-state index in [9.17, 15) is 13.2 Å². The molecule has 0 aromatic carbocycles. The Balaban J connectivity index is 2.00.